The van der Waals surface area contributed by atoms with E-state index < -0.39 is 0 Å². The Bertz CT molecular complexity index is 593. The molecule has 0 fully saturated rings. The van der Waals surface area contributed by atoms with E-state index in [0.29, 0.717) is 0 Å². The highest BCUT2D eigenvalue weighted by atomic mass is 14.3. The minimum absolute atomic E-state index is 0.0621. The van der Waals surface area contributed by atoms with Gasteiger partial charge in [-0.15, -0.1) is 0 Å². The lowest BCUT2D eigenvalue weighted by atomic mass is 9.74. The molecule has 0 bridgehead atoms. The molecule has 2 aromatic rings. The first kappa shape index (κ1) is 17.8. The molecule has 0 spiro atoms. The van der Waals surface area contributed by atoms with Gasteiger partial charge in [-0.25, -0.2) is 0 Å². The molecule has 2 aromatic carbocycles. The van der Waals surface area contributed by atoms with Gasteiger partial charge in [0.25, 0.3) is 0 Å². The van der Waals surface area contributed by atoms with Crippen molar-refractivity contribution in [1.29, 1.82) is 0 Å². The van der Waals surface area contributed by atoms with E-state index in [1.165, 1.54) is 49.7 Å². The molecule has 0 aliphatic heterocycles. The highest BCUT2D eigenvalue weighted by Gasteiger charge is 2.26. The first-order valence-electron chi connectivity index (χ1n) is 9.28. The first-order chi connectivity index (χ1) is 11.1. The van der Waals surface area contributed by atoms with Crippen LogP contribution in [-0.4, -0.2) is 0 Å². The molecule has 0 aromatic heterocycles. The lowest BCUT2D eigenvalue weighted by molar-refractivity contribution is 0.622. The summed E-state index contributed by atoms with van der Waals surface area (Å²) in [6.45, 7) is 9.31. The molecule has 0 aliphatic carbocycles. The maximum absolute atomic E-state index is 2.37. The zero-order valence-corrected chi connectivity index (χ0v) is 15.4. The van der Waals surface area contributed by atoms with E-state index in [2.05, 4.69) is 76.2 Å². The van der Waals surface area contributed by atoms with Gasteiger partial charge in [0.2, 0.25) is 0 Å². The molecule has 0 saturated carbocycles. The average molecular weight is 309 g/mol. The number of hydrogen-bond donors (Lipinski definition) is 0. The molecule has 0 atom stereocenters. The second kappa shape index (κ2) is 8.34. The monoisotopic (exact) mass is 308 g/mol. The Hall–Kier alpha value is -1.56. The first-order valence-corrected chi connectivity index (χ1v) is 9.28. The van der Waals surface area contributed by atoms with E-state index in [9.17, 15) is 0 Å². The number of hydrogen-bond acceptors (Lipinski definition) is 0. The Morgan fingerprint density at radius 2 is 1.39 bits per heavy atom. The van der Waals surface area contributed by atoms with Gasteiger partial charge in [-0.2, -0.15) is 0 Å². The Labute approximate surface area is 143 Å². The normalized spacial score (nSPS) is 11.7. The quantitative estimate of drug-likeness (QED) is 0.509. The van der Waals surface area contributed by atoms with Crippen LogP contribution in [0.15, 0.2) is 48.5 Å². The Morgan fingerprint density at radius 3 is 2.04 bits per heavy atom. The van der Waals surface area contributed by atoms with Crippen molar-refractivity contribution in [3.05, 3.63) is 70.8 Å². The molecule has 2 rings (SSSR count). The van der Waals surface area contributed by atoms with Crippen molar-refractivity contribution < 1.29 is 0 Å². The van der Waals surface area contributed by atoms with Crippen molar-refractivity contribution in [2.45, 2.75) is 71.6 Å². The molecule has 0 N–H and O–H groups in total. The maximum Gasteiger partial charge on any atom is 0.0149 e. The topological polar surface area (TPSA) is 0 Å². The molecule has 0 nitrogen and oxygen atoms in total. The SMILES string of the molecule is CCCCc1cccc(C(C)(C)c2ccccc2)c1CCCC. The van der Waals surface area contributed by atoms with Crippen molar-refractivity contribution in [3.8, 4) is 0 Å². The van der Waals surface area contributed by atoms with Crippen molar-refractivity contribution in [1.82, 2.24) is 0 Å². The van der Waals surface area contributed by atoms with Crippen LogP contribution in [0.25, 0.3) is 0 Å². The van der Waals surface area contributed by atoms with Gasteiger partial charge >= 0.3 is 0 Å². The van der Waals surface area contributed by atoms with Gasteiger partial charge in [0.05, 0.1) is 0 Å². The van der Waals surface area contributed by atoms with Crippen LogP contribution in [0.5, 0.6) is 0 Å². The minimum atomic E-state index is 0.0621. The fraction of sp³-hybridized carbons (Fsp3) is 0.478. The van der Waals surface area contributed by atoms with E-state index in [0.717, 1.165) is 0 Å². The standard InChI is InChI=1S/C23H32/c1-5-7-13-19-14-12-18-22(21(19)17-8-6-2)23(3,4)20-15-10-9-11-16-20/h9-12,14-16,18H,5-8,13,17H2,1-4H3. The lowest BCUT2D eigenvalue weighted by Crippen LogP contribution is -2.22. The second-order valence-electron chi connectivity index (χ2n) is 7.14. The van der Waals surface area contributed by atoms with Gasteiger partial charge in [0.15, 0.2) is 0 Å². The molecular formula is C23H32. The summed E-state index contributed by atoms with van der Waals surface area (Å²) in [6.07, 6.45) is 7.51. The van der Waals surface area contributed by atoms with Crippen LogP contribution in [0.1, 0.15) is 75.6 Å². The molecule has 0 radical (unpaired) electrons. The number of benzene rings is 2. The van der Waals surface area contributed by atoms with Crippen molar-refractivity contribution in [2.75, 3.05) is 0 Å². The minimum Gasteiger partial charge on any atom is -0.0654 e. The predicted molar refractivity (Wildman–Crippen MR) is 102 cm³/mol. The average Bonchev–Trinajstić information content (AvgIpc) is 2.59. The summed E-state index contributed by atoms with van der Waals surface area (Å²) in [6, 6.07) is 17.9. The third-order valence-corrected chi connectivity index (χ3v) is 5.02. The van der Waals surface area contributed by atoms with E-state index in [1.54, 1.807) is 11.1 Å². The fourth-order valence-electron chi connectivity index (χ4n) is 3.48. The molecule has 0 heterocycles. The Morgan fingerprint density at radius 1 is 0.739 bits per heavy atom. The number of aryl methyl sites for hydroxylation is 1. The Kier molecular flexibility index (Phi) is 6.45. The van der Waals surface area contributed by atoms with Gasteiger partial charge in [-0.05, 0) is 47.9 Å². The van der Waals surface area contributed by atoms with E-state index in [-0.39, 0.29) is 5.41 Å². The van der Waals surface area contributed by atoms with Gasteiger partial charge < -0.3 is 0 Å². The number of rotatable bonds is 8. The van der Waals surface area contributed by atoms with Gasteiger partial charge in [-0.3, -0.25) is 0 Å². The van der Waals surface area contributed by atoms with Crippen molar-refractivity contribution >= 4 is 0 Å². The molecule has 23 heavy (non-hydrogen) atoms. The smallest absolute Gasteiger partial charge is 0.0149 e. The molecular weight excluding hydrogens is 276 g/mol. The lowest BCUT2D eigenvalue weighted by Gasteiger charge is -2.30. The third kappa shape index (κ3) is 4.25. The highest BCUT2D eigenvalue weighted by Crippen LogP contribution is 2.35. The largest absolute Gasteiger partial charge is 0.0654 e. The van der Waals surface area contributed by atoms with Gasteiger partial charge in [0, 0.05) is 5.41 Å². The summed E-state index contributed by atoms with van der Waals surface area (Å²) in [5.41, 5.74) is 6.17. The molecule has 0 amide bonds. The van der Waals surface area contributed by atoms with Crippen LogP contribution in [0.4, 0.5) is 0 Å². The summed E-state index contributed by atoms with van der Waals surface area (Å²) in [5, 5.41) is 0. The summed E-state index contributed by atoms with van der Waals surface area (Å²) in [4.78, 5) is 0. The fourth-order valence-corrected chi connectivity index (χ4v) is 3.48. The predicted octanol–water partition coefficient (Wildman–Crippen LogP) is 6.70. The van der Waals surface area contributed by atoms with Crippen LogP contribution < -0.4 is 0 Å². The van der Waals surface area contributed by atoms with Crippen molar-refractivity contribution in [3.63, 3.8) is 0 Å². The maximum atomic E-state index is 2.37. The van der Waals surface area contributed by atoms with Gasteiger partial charge in [-0.1, -0.05) is 89.1 Å². The van der Waals surface area contributed by atoms with E-state index >= 15 is 0 Å². The molecule has 0 aliphatic rings. The zero-order chi connectivity index (χ0) is 16.7. The summed E-state index contributed by atoms with van der Waals surface area (Å²) in [7, 11) is 0. The highest BCUT2D eigenvalue weighted by molar-refractivity contribution is 5.46. The van der Waals surface area contributed by atoms with Gasteiger partial charge in [0.1, 0.15) is 0 Å². The Balaban J connectivity index is 2.47. The van der Waals surface area contributed by atoms with Crippen LogP contribution in [0.3, 0.4) is 0 Å². The molecule has 0 unspecified atom stereocenters. The number of unbranched alkanes of at least 4 members (excludes halogenated alkanes) is 2. The van der Waals surface area contributed by atoms with E-state index in [1.807, 2.05) is 0 Å². The second-order valence-corrected chi connectivity index (χ2v) is 7.14. The molecule has 0 saturated heterocycles. The van der Waals surface area contributed by atoms with E-state index in [4.69, 9.17) is 0 Å². The molecule has 0 heteroatoms. The third-order valence-electron chi connectivity index (χ3n) is 5.02. The summed E-state index contributed by atoms with van der Waals surface area (Å²) < 4.78 is 0. The summed E-state index contributed by atoms with van der Waals surface area (Å²) >= 11 is 0. The zero-order valence-electron chi connectivity index (χ0n) is 15.4. The van der Waals surface area contributed by atoms with Crippen molar-refractivity contribution in [2.24, 2.45) is 0 Å². The van der Waals surface area contributed by atoms with Crippen LogP contribution in [0.2, 0.25) is 0 Å². The molecule has 124 valence electrons. The van der Waals surface area contributed by atoms with Crippen LogP contribution in [0, 0.1) is 0 Å². The van der Waals surface area contributed by atoms with Crippen LogP contribution >= 0.6 is 0 Å². The van der Waals surface area contributed by atoms with Crippen LogP contribution in [-0.2, 0) is 18.3 Å². The summed E-state index contributed by atoms with van der Waals surface area (Å²) in [5.74, 6) is 0.